The Bertz CT molecular complexity index is 408. The summed E-state index contributed by atoms with van der Waals surface area (Å²) in [5.74, 6) is 0. The van der Waals surface area contributed by atoms with Crippen molar-refractivity contribution >= 4 is 11.5 Å². The van der Waals surface area contributed by atoms with Crippen LogP contribution < -0.4 is 5.73 Å². The van der Waals surface area contributed by atoms with Crippen molar-refractivity contribution in [2.45, 2.75) is 13.0 Å². The summed E-state index contributed by atoms with van der Waals surface area (Å²) in [6.45, 7) is 1.98. The SMILES string of the molecule is Cc1cc(C(N)c2ccccc2)sn1. The first-order valence-electron chi connectivity index (χ1n) is 4.51. The quantitative estimate of drug-likeness (QED) is 0.816. The summed E-state index contributed by atoms with van der Waals surface area (Å²) in [6, 6.07) is 12.1. The number of benzene rings is 1. The second-order valence-corrected chi connectivity index (χ2v) is 4.10. The lowest BCUT2D eigenvalue weighted by molar-refractivity contribution is 0.893. The van der Waals surface area contributed by atoms with Gasteiger partial charge in [0.15, 0.2) is 0 Å². The molecule has 0 saturated heterocycles. The molecule has 2 N–H and O–H groups in total. The third-order valence-electron chi connectivity index (χ3n) is 2.11. The summed E-state index contributed by atoms with van der Waals surface area (Å²) in [4.78, 5) is 1.12. The van der Waals surface area contributed by atoms with Crippen LogP contribution in [0, 0.1) is 6.92 Å². The lowest BCUT2D eigenvalue weighted by Crippen LogP contribution is -2.09. The maximum atomic E-state index is 6.10. The van der Waals surface area contributed by atoms with Crippen molar-refractivity contribution in [1.82, 2.24) is 4.37 Å². The van der Waals surface area contributed by atoms with Crippen LogP contribution in [0.1, 0.15) is 22.2 Å². The van der Waals surface area contributed by atoms with E-state index in [1.54, 1.807) is 0 Å². The summed E-state index contributed by atoms with van der Waals surface area (Å²) >= 11 is 1.48. The van der Waals surface area contributed by atoms with E-state index < -0.39 is 0 Å². The molecule has 14 heavy (non-hydrogen) atoms. The molecular weight excluding hydrogens is 192 g/mol. The fourth-order valence-electron chi connectivity index (χ4n) is 1.35. The van der Waals surface area contributed by atoms with Crippen LogP contribution in [0.2, 0.25) is 0 Å². The van der Waals surface area contributed by atoms with E-state index in [-0.39, 0.29) is 6.04 Å². The van der Waals surface area contributed by atoms with Gasteiger partial charge < -0.3 is 5.73 Å². The molecule has 0 saturated carbocycles. The first-order chi connectivity index (χ1) is 6.77. The van der Waals surface area contributed by atoms with Crippen LogP contribution in [-0.2, 0) is 0 Å². The van der Waals surface area contributed by atoms with Crippen LogP contribution in [0.15, 0.2) is 36.4 Å². The lowest BCUT2D eigenvalue weighted by Gasteiger charge is -2.08. The van der Waals surface area contributed by atoms with Gasteiger partial charge in [-0.3, -0.25) is 0 Å². The van der Waals surface area contributed by atoms with Crippen LogP contribution >= 0.6 is 11.5 Å². The van der Waals surface area contributed by atoms with Gasteiger partial charge in [-0.2, -0.15) is 4.37 Å². The van der Waals surface area contributed by atoms with Crippen molar-refractivity contribution in [3.63, 3.8) is 0 Å². The van der Waals surface area contributed by atoms with E-state index in [1.165, 1.54) is 11.5 Å². The Labute approximate surface area is 87.6 Å². The molecule has 1 heterocycles. The molecule has 0 aliphatic heterocycles. The van der Waals surface area contributed by atoms with Crippen LogP contribution in [0.4, 0.5) is 0 Å². The average Bonchev–Trinajstić information content (AvgIpc) is 2.65. The van der Waals surface area contributed by atoms with Crippen molar-refractivity contribution in [3.05, 3.63) is 52.5 Å². The predicted molar refractivity (Wildman–Crippen MR) is 59.3 cm³/mol. The molecule has 0 amide bonds. The minimum absolute atomic E-state index is 0.0394. The highest BCUT2D eigenvalue weighted by Gasteiger charge is 2.10. The number of hydrogen-bond donors (Lipinski definition) is 1. The van der Waals surface area contributed by atoms with Gasteiger partial charge in [0.1, 0.15) is 0 Å². The molecule has 2 aromatic rings. The van der Waals surface area contributed by atoms with Gasteiger partial charge in [-0.25, -0.2) is 0 Å². The Hall–Kier alpha value is -1.19. The van der Waals surface area contributed by atoms with Crippen LogP contribution in [-0.4, -0.2) is 4.37 Å². The summed E-state index contributed by atoms with van der Waals surface area (Å²) < 4.78 is 4.22. The van der Waals surface area contributed by atoms with E-state index in [9.17, 15) is 0 Å². The molecule has 0 radical (unpaired) electrons. The number of nitrogens with zero attached hydrogens (tertiary/aromatic N) is 1. The molecule has 0 aliphatic carbocycles. The highest BCUT2D eigenvalue weighted by molar-refractivity contribution is 7.05. The molecule has 1 atom stereocenters. The molecule has 0 spiro atoms. The predicted octanol–water partition coefficient (Wildman–Crippen LogP) is 2.50. The Balaban J connectivity index is 2.29. The standard InChI is InChI=1S/C11H12N2S/c1-8-7-10(14-13-8)11(12)9-5-3-2-4-6-9/h2-7,11H,12H2,1H3. The zero-order valence-corrected chi connectivity index (χ0v) is 8.79. The van der Waals surface area contributed by atoms with Gasteiger partial charge in [-0.1, -0.05) is 30.3 Å². The highest BCUT2D eigenvalue weighted by Crippen LogP contribution is 2.23. The number of nitrogens with two attached hydrogens (primary N) is 1. The average molecular weight is 204 g/mol. The van der Waals surface area contributed by atoms with Gasteiger partial charge >= 0.3 is 0 Å². The number of aromatic nitrogens is 1. The molecule has 2 rings (SSSR count). The minimum atomic E-state index is -0.0394. The smallest absolute Gasteiger partial charge is 0.0662 e. The van der Waals surface area contributed by atoms with Crippen LogP contribution in [0.5, 0.6) is 0 Å². The van der Waals surface area contributed by atoms with Crippen LogP contribution in [0.25, 0.3) is 0 Å². The summed E-state index contributed by atoms with van der Waals surface area (Å²) in [6.07, 6.45) is 0. The molecule has 3 heteroatoms. The topological polar surface area (TPSA) is 38.9 Å². The number of aryl methyl sites for hydroxylation is 1. The molecule has 1 aromatic carbocycles. The highest BCUT2D eigenvalue weighted by atomic mass is 32.1. The molecule has 0 bridgehead atoms. The molecular formula is C11H12N2S. The molecule has 2 nitrogen and oxygen atoms in total. The third-order valence-corrected chi connectivity index (χ3v) is 3.07. The second-order valence-electron chi connectivity index (χ2n) is 3.26. The summed E-state index contributed by atoms with van der Waals surface area (Å²) in [5, 5.41) is 0. The van der Waals surface area contributed by atoms with Crippen molar-refractivity contribution in [2.75, 3.05) is 0 Å². The van der Waals surface area contributed by atoms with Gasteiger partial charge in [-0.05, 0) is 30.1 Å². The van der Waals surface area contributed by atoms with Gasteiger partial charge in [0.2, 0.25) is 0 Å². The fraction of sp³-hybridized carbons (Fsp3) is 0.182. The van der Waals surface area contributed by atoms with Gasteiger partial charge in [-0.15, -0.1) is 0 Å². The van der Waals surface area contributed by atoms with Crippen LogP contribution in [0.3, 0.4) is 0 Å². The molecule has 1 unspecified atom stereocenters. The van der Waals surface area contributed by atoms with Gasteiger partial charge in [0.05, 0.1) is 11.7 Å². The van der Waals surface area contributed by atoms with Crippen molar-refractivity contribution in [1.29, 1.82) is 0 Å². The van der Waals surface area contributed by atoms with E-state index in [2.05, 4.69) is 4.37 Å². The molecule has 1 aromatic heterocycles. The lowest BCUT2D eigenvalue weighted by atomic mass is 10.1. The second kappa shape index (κ2) is 3.90. The first-order valence-corrected chi connectivity index (χ1v) is 5.28. The van der Waals surface area contributed by atoms with Crippen molar-refractivity contribution < 1.29 is 0 Å². The van der Waals surface area contributed by atoms with E-state index in [0.29, 0.717) is 0 Å². The minimum Gasteiger partial charge on any atom is -0.320 e. The Morgan fingerprint density at radius 2 is 2.00 bits per heavy atom. The zero-order chi connectivity index (χ0) is 9.97. The monoisotopic (exact) mass is 204 g/mol. The maximum absolute atomic E-state index is 6.10. The maximum Gasteiger partial charge on any atom is 0.0662 e. The fourth-order valence-corrected chi connectivity index (χ4v) is 2.13. The largest absolute Gasteiger partial charge is 0.320 e. The normalized spacial score (nSPS) is 12.7. The first kappa shape index (κ1) is 9.37. The third kappa shape index (κ3) is 1.84. The molecule has 0 fully saturated rings. The Morgan fingerprint density at radius 3 is 2.57 bits per heavy atom. The Kier molecular flexibility index (Phi) is 2.61. The van der Waals surface area contributed by atoms with E-state index >= 15 is 0 Å². The van der Waals surface area contributed by atoms with Gasteiger partial charge in [0.25, 0.3) is 0 Å². The molecule has 0 aliphatic rings. The number of rotatable bonds is 2. The van der Waals surface area contributed by atoms with E-state index in [0.717, 1.165) is 16.1 Å². The Morgan fingerprint density at radius 1 is 1.29 bits per heavy atom. The number of hydrogen-bond acceptors (Lipinski definition) is 3. The summed E-state index contributed by atoms with van der Waals surface area (Å²) in [5.41, 5.74) is 8.27. The molecule has 72 valence electrons. The van der Waals surface area contributed by atoms with E-state index in [1.807, 2.05) is 43.3 Å². The van der Waals surface area contributed by atoms with Crippen molar-refractivity contribution in [3.8, 4) is 0 Å². The van der Waals surface area contributed by atoms with E-state index in [4.69, 9.17) is 5.73 Å². The summed E-state index contributed by atoms with van der Waals surface area (Å²) in [7, 11) is 0. The van der Waals surface area contributed by atoms with Gasteiger partial charge in [0, 0.05) is 4.88 Å². The van der Waals surface area contributed by atoms with Crippen molar-refractivity contribution in [2.24, 2.45) is 5.73 Å². The zero-order valence-electron chi connectivity index (χ0n) is 7.97.